The zero-order valence-corrected chi connectivity index (χ0v) is 33.6. The summed E-state index contributed by atoms with van der Waals surface area (Å²) in [5.41, 5.74) is 17.1. The van der Waals surface area contributed by atoms with Gasteiger partial charge in [-0.15, -0.1) is 0 Å². The van der Waals surface area contributed by atoms with E-state index in [2.05, 4.69) is 170 Å². The Balaban J connectivity index is 1.12. The Bertz CT molecular complexity index is 2590. The van der Waals surface area contributed by atoms with E-state index in [-0.39, 0.29) is 5.41 Å². The Hall–Kier alpha value is -5.40. The molecule has 7 aromatic rings. The van der Waals surface area contributed by atoms with Gasteiger partial charge in [0.1, 0.15) is 0 Å². The lowest BCUT2D eigenvalue weighted by Gasteiger charge is -2.32. The summed E-state index contributed by atoms with van der Waals surface area (Å²) in [6.45, 7) is 4.84. The van der Waals surface area contributed by atoms with Crippen molar-refractivity contribution in [1.29, 1.82) is 0 Å². The molecule has 11 rings (SSSR count). The van der Waals surface area contributed by atoms with Crippen LogP contribution in [0.1, 0.15) is 106 Å². The van der Waals surface area contributed by atoms with Crippen LogP contribution in [0.2, 0.25) is 0 Å². The summed E-state index contributed by atoms with van der Waals surface area (Å²) in [5, 5.41) is 2.64. The summed E-state index contributed by atoms with van der Waals surface area (Å²) in [6, 6.07) is 58.4. The quantitative estimate of drug-likeness (QED) is 0.157. The molecular weight excluding hydrogens is 687 g/mol. The molecule has 7 aromatic carbocycles. The molecule has 0 spiro atoms. The second-order valence-electron chi connectivity index (χ2n) is 18.3. The van der Waals surface area contributed by atoms with Gasteiger partial charge in [-0.2, -0.15) is 0 Å². The number of benzene rings is 7. The lowest BCUT2D eigenvalue weighted by molar-refractivity contribution is 0.420. The van der Waals surface area contributed by atoms with Crippen molar-refractivity contribution < 1.29 is 0 Å². The van der Waals surface area contributed by atoms with Crippen LogP contribution in [0.3, 0.4) is 0 Å². The van der Waals surface area contributed by atoms with E-state index >= 15 is 0 Å². The molecule has 0 aliphatic heterocycles. The minimum Gasteiger partial charge on any atom is -0.309 e. The third-order valence-electron chi connectivity index (χ3n) is 14.7. The van der Waals surface area contributed by atoms with Crippen LogP contribution < -0.4 is 4.90 Å². The van der Waals surface area contributed by atoms with Gasteiger partial charge in [0.25, 0.3) is 0 Å². The van der Waals surface area contributed by atoms with E-state index in [1.807, 2.05) is 0 Å². The van der Waals surface area contributed by atoms with E-state index in [4.69, 9.17) is 0 Å². The average Bonchev–Trinajstić information content (AvgIpc) is 3.97. The fourth-order valence-corrected chi connectivity index (χ4v) is 11.7. The zero-order chi connectivity index (χ0) is 38.1. The minimum atomic E-state index is -0.158. The van der Waals surface area contributed by atoms with Gasteiger partial charge in [0.2, 0.25) is 0 Å². The first-order valence-electron chi connectivity index (χ1n) is 21.9. The maximum atomic E-state index is 2.60. The summed E-state index contributed by atoms with van der Waals surface area (Å²) in [7, 11) is 0. The number of fused-ring (bicyclic) bond motifs is 6. The fraction of sp³-hybridized carbons (Fsp3) is 0.286. The summed E-state index contributed by atoms with van der Waals surface area (Å²) in [4.78, 5) is 2.60. The van der Waals surface area contributed by atoms with Crippen LogP contribution in [0.25, 0.3) is 44.2 Å². The zero-order valence-electron chi connectivity index (χ0n) is 33.6. The molecule has 3 saturated carbocycles. The molecule has 0 amide bonds. The van der Waals surface area contributed by atoms with E-state index < -0.39 is 0 Å². The van der Waals surface area contributed by atoms with Crippen molar-refractivity contribution in [3.63, 3.8) is 0 Å². The average molecular weight is 740 g/mol. The lowest BCUT2D eigenvalue weighted by Crippen LogP contribution is -2.17. The van der Waals surface area contributed by atoms with Crippen molar-refractivity contribution in [2.24, 2.45) is 11.8 Å². The third-order valence-corrected chi connectivity index (χ3v) is 14.7. The van der Waals surface area contributed by atoms with Gasteiger partial charge in [-0.3, -0.25) is 0 Å². The normalized spacial score (nSPS) is 20.8. The van der Waals surface area contributed by atoms with Crippen LogP contribution in [-0.2, 0) is 5.41 Å². The third kappa shape index (κ3) is 5.96. The predicted molar refractivity (Wildman–Crippen MR) is 241 cm³/mol. The molecule has 57 heavy (non-hydrogen) atoms. The van der Waals surface area contributed by atoms with Crippen LogP contribution >= 0.6 is 0 Å². The molecule has 2 bridgehead atoms. The molecule has 0 N–H and O–H groups in total. The van der Waals surface area contributed by atoms with Gasteiger partial charge in [0, 0.05) is 22.1 Å². The number of hydrogen-bond donors (Lipinski definition) is 0. The van der Waals surface area contributed by atoms with Crippen molar-refractivity contribution in [1.82, 2.24) is 0 Å². The number of hydrogen-bond acceptors (Lipinski definition) is 1. The Kier molecular flexibility index (Phi) is 8.50. The molecule has 4 aliphatic carbocycles. The number of anilines is 3. The summed E-state index contributed by atoms with van der Waals surface area (Å²) in [5.74, 6) is 3.18. The van der Waals surface area contributed by atoms with Crippen LogP contribution in [0, 0.1) is 11.8 Å². The largest absolute Gasteiger partial charge is 0.309 e. The van der Waals surface area contributed by atoms with Gasteiger partial charge in [-0.25, -0.2) is 0 Å². The van der Waals surface area contributed by atoms with E-state index in [1.54, 1.807) is 0 Å². The first kappa shape index (κ1) is 34.8. The Morgan fingerprint density at radius 3 is 1.96 bits per heavy atom. The highest BCUT2D eigenvalue weighted by Crippen LogP contribution is 2.56. The van der Waals surface area contributed by atoms with Gasteiger partial charge in [-0.1, -0.05) is 155 Å². The number of nitrogens with zero attached hydrogens (tertiary/aromatic N) is 1. The van der Waals surface area contributed by atoms with E-state index in [9.17, 15) is 0 Å². The SMILES string of the molecule is CC1(C)c2ccc(-c3ccccc3)cc2-c2cc(-c3ccccc3)c(N(c3ccc(C4CC5CCC4C5)cc3)c3cccc4cc(C5CCCCC5)ccc34)cc21. The van der Waals surface area contributed by atoms with Crippen molar-refractivity contribution in [3.05, 3.63) is 174 Å². The van der Waals surface area contributed by atoms with Gasteiger partial charge in [-0.05, 0) is 148 Å². The number of rotatable bonds is 7. The highest BCUT2D eigenvalue weighted by atomic mass is 15.1. The van der Waals surface area contributed by atoms with Crippen molar-refractivity contribution in [2.45, 2.75) is 88.9 Å². The molecule has 3 fully saturated rings. The van der Waals surface area contributed by atoms with Crippen LogP contribution in [0.15, 0.2) is 152 Å². The molecule has 1 heteroatoms. The molecule has 0 aromatic heterocycles. The second-order valence-corrected chi connectivity index (χ2v) is 18.3. The van der Waals surface area contributed by atoms with Crippen LogP contribution in [0.4, 0.5) is 17.1 Å². The molecule has 0 radical (unpaired) electrons. The van der Waals surface area contributed by atoms with Gasteiger partial charge >= 0.3 is 0 Å². The summed E-state index contributed by atoms with van der Waals surface area (Å²) < 4.78 is 0. The van der Waals surface area contributed by atoms with Crippen molar-refractivity contribution in [2.75, 3.05) is 4.90 Å². The van der Waals surface area contributed by atoms with Crippen molar-refractivity contribution in [3.8, 4) is 33.4 Å². The van der Waals surface area contributed by atoms with E-state index in [1.165, 1.54) is 141 Å². The van der Waals surface area contributed by atoms with E-state index in [0.717, 1.165) is 11.8 Å². The minimum absolute atomic E-state index is 0.158. The maximum absolute atomic E-state index is 2.60. The second kappa shape index (κ2) is 13.9. The monoisotopic (exact) mass is 739 g/mol. The topological polar surface area (TPSA) is 3.24 Å². The Labute approximate surface area is 339 Å². The molecule has 4 aliphatic rings. The van der Waals surface area contributed by atoms with Crippen LogP contribution in [-0.4, -0.2) is 0 Å². The summed E-state index contributed by atoms with van der Waals surface area (Å²) >= 11 is 0. The van der Waals surface area contributed by atoms with E-state index in [0.29, 0.717) is 11.8 Å². The first-order valence-corrected chi connectivity index (χ1v) is 21.9. The fourth-order valence-electron chi connectivity index (χ4n) is 11.7. The maximum Gasteiger partial charge on any atom is 0.0543 e. The lowest BCUT2D eigenvalue weighted by atomic mass is 9.81. The standard InChI is InChI=1S/C56H53N/c1-56(2)52-30-26-43(39-15-8-4-9-16-39)34-50(52)51-35-49(40-17-10-5-11-18-40)55(36-53(51)56)57(46-27-23-41(24-28-46)48-32-37-21-22-45(48)31-37)54-20-12-19-44-33-42(25-29-47(44)54)38-13-6-3-7-14-38/h4-5,8-12,15-20,23-30,33-38,45,48H,3,6-7,13-14,21-22,31-32H2,1-2H3. The molecule has 3 atom stereocenters. The van der Waals surface area contributed by atoms with Gasteiger partial charge < -0.3 is 4.90 Å². The predicted octanol–water partition coefficient (Wildman–Crippen LogP) is 15.9. The van der Waals surface area contributed by atoms with Gasteiger partial charge in [0.15, 0.2) is 0 Å². The molecular formula is C56H53N. The van der Waals surface area contributed by atoms with Crippen LogP contribution in [0.5, 0.6) is 0 Å². The highest BCUT2D eigenvalue weighted by molar-refractivity contribution is 6.03. The first-order chi connectivity index (χ1) is 28.0. The van der Waals surface area contributed by atoms with Crippen molar-refractivity contribution >= 4 is 27.8 Å². The smallest absolute Gasteiger partial charge is 0.0543 e. The molecule has 0 heterocycles. The highest BCUT2D eigenvalue weighted by Gasteiger charge is 2.40. The molecule has 282 valence electrons. The molecule has 1 nitrogen and oxygen atoms in total. The Morgan fingerprint density at radius 1 is 0.491 bits per heavy atom. The Morgan fingerprint density at radius 2 is 1.23 bits per heavy atom. The van der Waals surface area contributed by atoms with Gasteiger partial charge in [0.05, 0.1) is 11.4 Å². The summed E-state index contributed by atoms with van der Waals surface area (Å²) in [6.07, 6.45) is 12.3. The molecule has 0 saturated heterocycles. The molecule has 3 unspecified atom stereocenters.